The van der Waals surface area contributed by atoms with Crippen molar-refractivity contribution in [2.24, 2.45) is 0 Å². The molecule has 7 heteroatoms. The number of rotatable bonds is 4. The zero-order valence-electron chi connectivity index (χ0n) is 10.6. The molecule has 1 unspecified atom stereocenters. The summed E-state index contributed by atoms with van der Waals surface area (Å²) >= 11 is 0. The molecule has 0 saturated carbocycles. The van der Waals surface area contributed by atoms with Gasteiger partial charge in [-0.25, -0.2) is 9.18 Å². The number of hydrogen-bond acceptors (Lipinski definition) is 3. The van der Waals surface area contributed by atoms with Crippen LogP contribution < -0.4 is 5.32 Å². The van der Waals surface area contributed by atoms with E-state index in [2.05, 4.69) is 10.4 Å². The molecule has 2 N–H and O–H groups in total. The minimum atomic E-state index is -1.24. The molecule has 20 heavy (non-hydrogen) atoms. The number of aromatic nitrogens is 2. The highest BCUT2D eigenvalue weighted by Crippen LogP contribution is 2.19. The van der Waals surface area contributed by atoms with Crippen molar-refractivity contribution in [2.75, 3.05) is 5.32 Å². The van der Waals surface area contributed by atoms with E-state index in [9.17, 15) is 14.0 Å². The first-order valence-corrected chi connectivity index (χ1v) is 5.82. The van der Waals surface area contributed by atoms with Gasteiger partial charge in [-0.3, -0.25) is 9.48 Å². The number of nitrogens with one attached hydrogen (secondary N) is 1. The quantitative estimate of drug-likeness (QED) is 0.894. The average Bonchev–Trinajstić information content (AvgIpc) is 2.91. The SMILES string of the molecule is CC(C(=O)Nc1cc(F)ccc1C(=O)O)n1cccn1. The van der Waals surface area contributed by atoms with Crippen molar-refractivity contribution in [3.63, 3.8) is 0 Å². The second-order valence-electron chi connectivity index (χ2n) is 4.15. The summed E-state index contributed by atoms with van der Waals surface area (Å²) in [6.07, 6.45) is 3.13. The number of carboxylic acids is 1. The Kier molecular flexibility index (Phi) is 3.79. The van der Waals surface area contributed by atoms with Gasteiger partial charge in [-0.2, -0.15) is 5.10 Å². The molecule has 104 valence electrons. The largest absolute Gasteiger partial charge is 0.478 e. The van der Waals surface area contributed by atoms with Crippen LogP contribution >= 0.6 is 0 Å². The van der Waals surface area contributed by atoms with Gasteiger partial charge in [-0.05, 0) is 31.2 Å². The maximum absolute atomic E-state index is 13.2. The highest BCUT2D eigenvalue weighted by molar-refractivity contribution is 6.01. The summed E-state index contributed by atoms with van der Waals surface area (Å²) < 4.78 is 14.6. The molecule has 2 aromatic rings. The Balaban J connectivity index is 2.23. The van der Waals surface area contributed by atoms with E-state index in [0.717, 1.165) is 18.2 Å². The number of amides is 1. The topological polar surface area (TPSA) is 84.2 Å². The molecule has 0 aliphatic rings. The molecule has 0 bridgehead atoms. The van der Waals surface area contributed by atoms with E-state index < -0.39 is 23.7 Å². The van der Waals surface area contributed by atoms with Gasteiger partial charge in [0.05, 0.1) is 11.3 Å². The fraction of sp³-hybridized carbons (Fsp3) is 0.154. The minimum absolute atomic E-state index is 0.0819. The molecule has 1 amide bonds. The predicted octanol–water partition coefficient (Wildman–Crippen LogP) is 1.92. The van der Waals surface area contributed by atoms with Crippen LogP contribution in [0, 0.1) is 5.82 Å². The van der Waals surface area contributed by atoms with E-state index in [1.165, 1.54) is 10.9 Å². The first kappa shape index (κ1) is 13.7. The lowest BCUT2D eigenvalue weighted by molar-refractivity contribution is -0.119. The summed E-state index contributed by atoms with van der Waals surface area (Å²) in [5.74, 6) is -2.36. The lowest BCUT2D eigenvalue weighted by Gasteiger charge is -2.14. The standard InChI is InChI=1S/C13H12FN3O3/c1-8(17-6-2-5-15-17)12(18)16-11-7-9(14)3-4-10(11)13(19)20/h2-8H,1H3,(H,16,18)(H,19,20). The fourth-order valence-corrected chi connectivity index (χ4v) is 1.67. The van der Waals surface area contributed by atoms with Crippen LogP contribution in [0.4, 0.5) is 10.1 Å². The van der Waals surface area contributed by atoms with Crippen molar-refractivity contribution >= 4 is 17.6 Å². The number of carboxylic acid groups (broad SMARTS) is 1. The molecule has 1 aromatic carbocycles. The van der Waals surface area contributed by atoms with E-state index in [1.807, 2.05) is 0 Å². The number of nitrogens with zero attached hydrogens (tertiary/aromatic N) is 2. The lowest BCUT2D eigenvalue weighted by atomic mass is 10.1. The number of anilines is 1. The first-order valence-electron chi connectivity index (χ1n) is 5.82. The van der Waals surface area contributed by atoms with Crippen molar-refractivity contribution in [3.05, 3.63) is 48.0 Å². The molecule has 2 rings (SSSR count). The van der Waals surface area contributed by atoms with Crippen LogP contribution in [0.25, 0.3) is 0 Å². The third-order valence-electron chi connectivity index (χ3n) is 2.77. The molecule has 0 spiro atoms. The van der Waals surface area contributed by atoms with Crippen LogP contribution in [0.5, 0.6) is 0 Å². The van der Waals surface area contributed by atoms with E-state index >= 15 is 0 Å². The van der Waals surface area contributed by atoms with Gasteiger partial charge in [-0.1, -0.05) is 0 Å². The van der Waals surface area contributed by atoms with Crippen LogP contribution in [0.3, 0.4) is 0 Å². The fourth-order valence-electron chi connectivity index (χ4n) is 1.67. The Morgan fingerprint density at radius 2 is 2.20 bits per heavy atom. The summed E-state index contributed by atoms with van der Waals surface area (Å²) in [6, 6.07) is 4.11. The number of halogens is 1. The van der Waals surface area contributed by atoms with Crippen LogP contribution in [-0.4, -0.2) is 26.8 Å². The van der Waals surface area contributed by atoms with Crippen LogP contribution in [0.2, 0.25) is 0 Å². The summed E-state index contributed by atoms with van der Waals surface area (Å²) in [5.41, 5.74) is -0.256. The van der Waals surface area contributed by atoms with Crippen LogP contribution in [0.1, 0.15) is 23.3 Å². The molecule has 0 aliphatic heterocycles. The summed E-state index contributed by atoms with van der Waals surface area (Å²) in [4.78, 5) is 23.0. The highest BCUT2D eigenvalue weighted by Gasteiger charge is 2.18. The van der Waals surface area contributed by atoms with Crippen molar-refractivity contribution in [1.82, 2.24) is 9.78 Å². The monoisotopic (exact) mass is 277 g/mol. The predicted molar refractivity (Wildman–Crippen MR) is 68.9 cm³/mol. The second kappa shape index (κ2) is 5.52. The Morgan fingerprint density at radius 1 is 1.45 bits per heavy atom. The Morgan fingerprint density at radius 3 is 2.80 bits per heavy atom. The van der Waals surface area contributed by atoms with Gasteiger partial charge >= 0.3 is 5.97 Å². The molecule has 0 saturated heterocycles. The molecule has 1 aromatic heterocycles. The average molecular weight is 277 g/mol. The normalized spacial score (nSPS) is 11.9. The Bertz CT molecular complexity index is 640. The number of hydrogen-bond donors (Lipinski definition) is 2. The van der Waals surface area contributed by atoms with Gasteiger partial charge < -0.3 is 10.4 Å². The van der Waals surface area contributed by atoms with Crippen molar-refractivity contribution in [2.45, 2.75) is 13.0 Å². The van der Waals surface area contributed by atoms with Gasteiger partial charge in [-0.15, -0.1) is 0 Å². The zero-order chi connectivity index (χ0) is 14.7. The van der Waals surface area contributed by atoms with Crippen molar-refractivity contribution in [3.8, 4) is 0 Å². The Hall–Kier alpha value is -2.70. The maximum Gasteiger partial charge on any atom is 0.337 e. The van der Waals surface area contributed by atoms with Gasteiger partial charge in [0.15, 0.2) is 0 Å². The summed E-state index contributed by atoms with van der Waals surface area (Å²) in [7, 11) is 0. The van der Waals surface area contributed by atoms with Crippen LogP contribution in [0.15, 0.2) is 36.7 Å². The van der Waals surface area contributed by atoms with Crippen molar-refractivity contribution in [1.29, 1.82) is 0 Å². The zero-order valence-corrected chi connectivity index (χ0v) is 10.6. The number of carbonyl (C=O) groups is 2. The summed E-state index contributed by atoms with van der Waals surface area (Å²) in [6.45, 7) is 1.60. The van der Waals surface area contributed by atoms with E-state index in [-0.39, 0.29) is 11.3 Å². The van der Waals surface area contributed by atoms with Gasteiger partial charge in [0.25, 0.3) is 0 Å². The van der Waals surface area contributed by atoms with E-state index in [1.54, 1.807) is 19.2 Å². The Labute approximate surface area is 113 Å². The summed E-state index contributed by atoms with van der Waals surface area (Å²) in [5, 5.41) is 15.3. The van der Waals surface area contributed by atoms with Crippen LogP contribution in [-0.2, 0) is 4.79 Å². The van der Waals surface area contributed by atoms with Gasteiger partial charge in [0, 0.05) is 12.4 Å². The molecular weight excluding hydrogens is 265 g/mol. The number of carbonyl (C=O) groups excluding carboxylic acids is 1. The van der Waals surface area contributed by atoms with Crippen molar-refractivity contribution < 1.29 is 19.1 Å². The third kappa shape index (κ3) is 2.82. The number of aromatic carboxylic acids is 1. The molecular formula is C13H12FN3O3. The molecule has 1 atom stereocenters. The molecule has 0 aliphatic carbocycles. The molecule has 1 heterocycles. The van der Waals surface area contributed by atoms with Gasteiger partial charge in [0.2, 0.25) is 5.91 Å². The first-order chi connectivity index (χ1) is 9.49. The molecule has 6 nitrogen and oxygen atoms in total. The minimum Gasteiger partial charge on any atom is -0.478 e. The maximum atomic E-state index is 13.2. The third-order valence-corrected chi connectivity index (χ3v) is 2.77. The lowest BCUT2D eigenvalue weighted by Crippen LogP contribution is -2.25. The molecule has 0 radical (unpaired) electrons. The van der Waals surface area contributed by atoms with E-state index in [0.29, 0.717) is 0 Å². The number of benzene rings is 1. The second-order valence-corrected chi connectivity index (χ2v) is 4.15. The smallest absolute Gasteiger partial charge is 0.337 e. The van der Waals surface area contributed by atoms with Gasteiger partial charge in [0.1, 0.15) is 11.9 Å². The highest BCUT2D eigenvalue weighted by atomic mass is 19.1. The van der Waals surface area contributed by atoms with E-state index in [4.69, 9.17) is 5.11 Å². The molecule has 0 fully saturated rings.